The van der Waals surface area contributed by atoms with Gasteiger partial charge >= 0.3 is 0 Å². The molecule has 1 aliphatic rings. The average molecular weight is 199 g/mol. The second-order valence-corrected chi connectivity index (χ2v) is 5.21. The molecule has 3 heteroatoms. The summed E-state index contributed by atoms with van der Waals surface area (Å²) in [5.74, 6) is 4.38. The SMILES string of the molecule is C#CCCN(C)C1CCS(=O)CC1. The summed E-state index contributed by atoms with van der Waals surface area (Å²) in [6, 6.07) is 0.603. The van der Waals surface area contributed by atoms with Gasteiger partial charge in [0.05, 0.1) is 0 Å². The van der Waals surface area contributed by atoms with Gasteiger partial charge in [-0.1, -0.05) is 0 Å². The Balaban J connectivity index is 2.27. The highest BCUT2D eigenvalue weighted by molar-refractivity contribution is 7.85. The van der Waals surface area contributed by atoms with Gasteiger partial charge in [-0.3, -0.25) is 4.21 Å². The third-order valence-electron chi connectivity index (χ3n) is 2.59. The number of hydrogen-bond donors (Lipinski definition) is 0. The summed E-state index contributed by atoms with van der Waals surface area (Å²) in [4.78, 5) is 2.30. The Bertz CT molecular complexity index is 211. The van der Waals surface area contributed by atoms with Crippen LogP contribution < -0.4 is 0 Å². The van der Waals surface area contributed by atoms with E-state index in [1.54, 1.807) is 0 Å². The highest BCUT2D eigenvalue weighted by Gasteiger charge is 2.20. The molecule has 0 bridgehead atoms. The first-order chi connectivity index (χ1) is 6.24. The molecule has 0 aromatic rings. The van der Waals surface area contributed by atoms with Crippen LogP contribution in [0, 0.1) is 12.3 Å². The highest BCUT2D eigenvalue weighted by Crippen LogP contribution is 2.14. The molecule has 0 radical (unpaired) electrons. The van der Waals surface area contributed by atoms with E-state index in [4.69, 9.17) is 6.42 Å². The quantitative estimate of drug-likeness (QED) is 0.628. The van der Waals surface area contributed by atoms with Crippen LogP contribution in [0.4, 0.5) is 0 Å². The minimum atomic E-state index is -0.550. The van der Waals surface area contributed by atoms with Gasteiger partial charge in [-0.25, -0.2) is 0 Å². The molecule has 0 spiro atoms. The van der Waals surface area contributed by atoms with Crippen molar-refractivity contribution in [2.45, 2.75) is 25.3 Å². The molecule has 1 fully saturated rings. The summed E-state index contributed by atoms with van der Waals surface area (Å²) in [6.45, 7) is 0.966. The lowest BCUT2D eigenvalue weighted by molar-refractivity contribution is 0.233. The minimum Gasteiger partial charge on any atom is -0.302 e. The smallest absolute Gasteiger partial charge is 0.0249 e. The van der Waals surface area contributed by atoms with Crippen molar-refractivity contribution in [2.75, 3.05) is 25.1 Å². The van der Waals surface area contributed by atoms with Crippen molar-refractivity contribution in [3.8, 4) is 12.3 Å². The van der Waals surface area contributed by atoms with E-state index in [0.29, 0.717) is 6.04 Å². The van der Waals surface area contributed by atoms with Crippen molar-refractivity contribution >= 4 is 10.8 Å². The van der Waals surface area contributed by atoms with Crippen LogP contribution in [0.15, 0.2) is 0 Å². The number of terminal acetylenes is 1. The standard InChI is InChI=1S/C10H17NOS/c1-3-4-7-11(2)10-5-8-13(12)9-6-10/h1,10H,4-9H2,2H3. The van der Waals surface area contributed by atoms with Crippen molar-refractivity contribution in [3.05, 3.63) is 0 Å². The molecule has 0 N–H and O–H groups in total. The van der Waals surface area contributed by atoms with Gasteiger partial charge in [0.1, 0.15) is 0 Å². The van der Waals surface area contributed by atoms with Gasteiger partial charge < -0.3 is 4.90 Å². The molecule has 0 saturated carbocycles. The fraction of sp³-hybridized carbons (Fsp3) is 0.800. The summed E-state index contributed by atoms with van der Waals surface area (Å²) in [6.07, 6.45) is 8.15. The fourth-order valence-electron chi connectivity index (χ4n) is 1.65. The Morgan fingerprint density at radius 2 is 2.15 bits per heavy atom. The van der Waals surface area contributed by atoms with Crippen LogP contribution >= 0.6 is 0 Å². The van der Waals surface area contributed by atoms with Crippen LogP contribution in [-0.2, 0) is 10.8 Å². The third-order valence-corrected chi connectivity index (χ3v) is 3.97. The van der Waals surface area contributed by atoms with Gasteiger partial charge in [0.25, 0.3) is 0 Å². The van der Waals surface area contributed by atoms with Crippen LogP contribution in [0.3, 0.4) is 0 Å². The molecule has 74 valence electrons. The number of rotatable bonds is 3. The first-order valence-electron chi connectivity index (χ1n) is 4.72. The fourth-order valence-corrected chi connectivity index (χ4v) is 2.92. The van der Waals surface area contributed by atoms with Gasteiger partial charge in [0.15, 0.2) is 0 Å². The normalized spacial score (nSPS) is 28.7. The second kappa shape index (κ2) is 5.41. The van der Waals surface area contributed by atoms with Gasteiger partial charge in [-0.2, -0.15) is 0 Å². The highest BCUT2D eigenvalue weighted by atomic mass is 32.2. The zero-order valence-electron chi connectivity index (χ0n) is 8.16. The van der Waals surface area contributed by atoms with E-state index in [1.807, 2.05) is 0 Å². The van der Waals surface area contributed by atoms with Crippen LogP contribution in [0.2, 0.25) is 0 Å². The Kier molecular flexibility index (Phi) is 4.47. The molecular formula is C10H17NOS. The molecule has 0 amide bonds. The van der Waals surface area contributed by atoms with Crippen molar-refractivity contribution in [2.24, 2.45) is 0 Å². The maximum atomic E-state index is 11.1. The van der Waals surface area contributed by atoms with Gasteiger partial charge in [0.2, 0.25) is 0 Å². The predicted molar refractivity (Wildman–Crippen MR) is 57.0 cm³/mol. The van der Waals surface area contributed by atoms with E-state index < -0.39 is 10.8 Å². The van der Waals surface area contributed by atoms with E-state index in [-0.39, 0.29) is 0 Å². The molecule has 1 saturated heterocycles. The number of hydrogen-bond acceptors (Lipinski definition) is 2. The molecule has 1 heterocycles. The van der Waals surface area contributed by atoms with Crippen molar-refractivity contribution in [1.82, 2.24) is 4.90 Å². The van der Waals surface area contributed by atoms with E-state index in [9.17, 15) is 4.21 Å². The predicted octanol–water partition coefficient (Wildman–Crippen LogP) is 0.853. The third kappa shape index (κ3) is 3.50. The van der Waals surface area contributed by atoms with Crippen LogP contribution in [0.1, 0.15) is 19.3 Å². The molecule has 0 aliphatic carbocycles. The number of nitrogens with zero attached hydrogens (tertiary/aromatic N) is 1. The van der Waals surface area contributed by atoms with Gasteiger partial charge in [-0.15, -0.1) is 12.3 Å². The van der Waals surface area contributed by atoms with Crippen molar-refractivity contribution < 1.29 is 4.21 Å². The average Bonchev–Trinajstić information content (AvgIpc) is 2.15. The van der Waals surface area contributed by atoms with Crippen LogP contribution in [-0.4, -0.2) is 40.2 Å². The topological polar surface area (TPSA) is 20.3 Å². The maximum Gasteiger partial charge on any atom is 0.0249 e. The lowest BCUT2D eigenvalue weighted by atomic mass is 10.1. The molecule has 0 aromatic heterocycles. The van der Waals surface area contributed by atoms with E-state index >= 15 is 0 Å². The van der Waals surface area contributed by atoms with Crippen molar-refractivity contribution in [1.29, 1.82) is 0 Å². The Labute approximate surface area is 83.2 Å². The summed E-state index contributed by atoms with van der Waals surface area (Å²) in [5, 5.41) is 0. The van der Waals surface area contributed by atoms with Crippen LogP contribution in [0.5, 0.6) is 0 Å². The second-order valence-electron chi connectivity index (χ2n) is 3.51. The maximum absolute atomic E-state index is 11.1. The van der Waals surface area contributed by atoms with Crippen LogP contribution in [0.25, 0.3) is 0 Å². The lowest BCUT2D eigenvalue weighted by Crippen LogP contribution is -2.37. The lowest BCUT2D eigenvalue weighted by Gasteiger charge is -2.30. The molecule has 0 unspecified atom stereocenters. The van der Waals surface area contributed by atoms with Gasteiger partial charge in [-0.05, 0) is 19.9 Å². The molecule has 13 heavy (non-hydrogen) atoms. The first-order valence-corrected chi connectivity index (χ1v) is 6.21. The largest absolute Gasteiger partial charge is 0.302 e. The first kappa shape index (κ1) is 10.7. The summed E-state index contributed by atoms with van der Waals surface area (Å²) in [7, 11) is 1.56. The summed E-state index contributed by atoms with van der Waals surface area (Å²) >= 11 is 0. The molecular weight excluding hydrogens is 182 g/mol. The zero-order chi connectivity index (χ0) is 9.68. The monoisotopic (exact) mass is 199 g/mol. The molecule has 0 atom stereocenters. The van der Waals surface area contributed by atoms with E-state index in [1.165, 1.54) is 0 Å². The van der Waals surface area contributed by atoms with E-state index in [0.717, 1.165) is 37.3 Å². The van der Waals surface area contributed by atoms with Gasteiger partial charge in [0, 0.05) is 41.3 Å². The Morgan fingerprint density at radius 1 is 1.54 bits per heavy atom. The molecule has 1 aliphatic heterocycles. The molecule has 0 aromatic carbocycles. The molecule has 1 rings (SSSR count). The minimum absolute atomic E-state index is 0.550. The summed E-state index contributed by atoms with van der Waals surface area (Å²) < 4.78 is 11.1. The zero-order valence-corrected chi connectivity index (χ0v) is 8.98. The van der Waals surface area contributed by atoms with E-state index in [2.05, 4.69) is 17.9 Å². The Morgan fingerprint density at radius 3 is 2.69 bits per heavy atom. The Hall–Kier alpha value is -0.330. The molecule has 2 nitrogen and oxygen atoms in total. The summed E-state index contributed by atoms with van der Waals surface area (Å²) in [5.41, 5.74) is 0. The van der Waals surface area contributed by atoms with Crippen molar-refractivity contribution in [3.63, 3.8) is 0 Å².